The molecule has 2 aromatic rings. The fourth-order valence-electron chi connectivity index (χ4n) is 1.56. The van der Waals surface area contributed by atoms with Gasteiger partial charge < -0.3 is 0 Å². The molecule has 0 spiro atoms. The van der Waals surface area contributed by atoms with Gasteiger partial charge in [-0.15, -0.1) is 5.54 Å². The third-order valence-corrected chi connectivity index (χ3v) is 3.35. The van der Waals surface area contributed by atoms with Crippen molar-refractivity contribution in [1.29, 1.82) is 0 Å². The summed E-state index contributed by atoms with van der Waals surface area (Å²) in [5.41, 5.74) is 3.28. The Morgan fingerprint density at radius 3 is 1.33 bits per heavy atom. The minimum absolute atomic E-state index is 0. The van der Waals surface area contributed by atoms with Gasteiger partial charge in [0.25, 0.3) is 0 Å². The van der Waals surface area contributed by atoms with Crippen LogP contribution in [0.25, 0.3) is 0 Å². The van der Waals surface area contributed by atoms with Crippen molar-refractivity contribution in [2.24, 2.45) is 0 Å². The minimum Gasteiger partial charge on any atom is -0.281 e. The van der Waals surface area contributed by atoms with E-state index in [0.29, 0.717) is 5.54 Å². The molecule has 0 radical (unpaired) electrons. The van der Waals surface area contributed by atoms with E-state index in [2.05, 4.69) is 60.7 Å². The van der Waals surface area contributed by atoms with Crippen LogP contribution in [0.1, 0.15) is 16.7 Å². The zero-order valence-corrected chi connectivity index (χ0v) is 12.5. The van der Waals surface area contributed by atoms with Crippen molar-refractivity contribution >= 4 is 10.2 Å². The summed E-state index contributed by atoms with van der Waals surface area (Å²) in [5, 5.41) is 0. The molecule has 0 bridgehead atoms. The second kappa shape index (κ2) is 6.29. The molecule has 0 aromatic heterocycles. The molecule has 2 aromatic carbocycles. The minimum atomic E-state index is 0. The molecule has 0 aliphatic heterocycles. The number of benzene rings is 2. The van der Waals surface area contributed by atoms with Crippen LogP contribution in [0, 0.1) is 0 Å². The summed E-state index contributed by atoms with van der Waals surface area (Å²) in [4.78, 5) is 0. The Kier molecular flexibility index (Phi) is 5.33. The molecule has 0 amide bonds. The molecule has 0 saturated heterocycles. The monoisotopic (exact) mass is 220 g/mol. The largest absolute Gasteiger partial charge is 1.00 e. The fourth-order valence-corrected chi connectivity index (χ4v) is 2.11. The van der Waals surface area contributed by atoms with Crippen molar-refractivity contribution in [2.75, 3.05) is 0 Å². The van der Waals surface area contributed by atoms with Crippen molar-refractivity contribution in [3.05, 3.63) is 71.8 Å². The maximum absolute atomic E-state index is 2.19. The molecule has 0 N–H and O–H groups in total. The first-order valence-corrected chi connectivity index (χ1v) is 5.62. The van der Waals surface area contributed by atoms with E-state index in [1.165, 1.54) is 11.1 Å². The Balaban J connectivity index is 0.00000112. The topological polar surface area (TPSA) is 0 Å². The Morgan fingerprint density at radius 1 is 0.667 bits per heavy atom. The first-order valence-electron chi connectivity index (χ1n) is 4.81. The predicted octanol–water partition coefficient (Wildman–Crippen LogP) is -0.587. The van der Waals surface area contributed by atoms with Gasteiger partial charge in [-0.05, 0) is 0 Å². The van der Waals surface area contributed by atoms with E-state index in [-0.39, 0.29) is 29.6 Å². The summed E-state index contributed by atoms with van der Waals surface area (Å²) < 4.78 is 0. The zero-order chi connectivity index (χ0) is 9.80. The van der Waals surface area contributed by atoms with Crippen molar-refractivity contribution < 1.29 is 29.6 Å². The Bertz CT molecular complexity index is 346. The molecule has 0 saturated carbocycles. The molecule has 0 atom stereocenters. The van der Waals surface area contributed by atoms with E-state index in [1.807, 2.05) is 10.2 Å². The van der Waals surface area contributed by atoms with Crippen LogP contribution >= 0.6 is 0 Å². The normalized spacial score (nSPS) is 9.73. The van der Waals surface area contributed by atoms with Gasteiger partial charge in [0.2, 0.25) is 0 Å². The Morgan fingerprint density at radius 2 is 1.00 bits per heavy atom. The van der Waals surface area contributed by atoms with Crippen molar-refractivity contribution in [3.63, 3.8) is 0 Å². The first-order chi connectivity index (χ1) is 6.88. The van der Waals surface area contributed by atoms with Gasteiger partial charge in [0, 0.05) is 0 Å². The SMILES string of the molecule is [Na+].[SiH2-]C(c1ccccc1)c1ccccc1. The van der Waals surface area contributed by atoms with Crippen molar-refractivity contribution in [3.8, 4) is 0 Å². The number of hydrogen-bond donors (Lipinski definition) is 0. The number of hydrogen-bond acceptors (Lipinski definition) is 0. The molecule has 15 heavy (non-hydrogen) atoms. The summed E-state index contributed by atoms with van der Waals surface area (Å²) >= 11 is 0. The Labute approximate surface area is 116 Å². The van der Waals surface area contributed by atoms with Crippen LogP contribution in [0.3, 0.4) is 0 Å². The summed E-state index contributed by atoms with van der Waals surface area (Å²) in [5.74, 6) is 0. The quantitative estimate of drug-likeness (QED) is 0.594. The summed E-state index contributed by atoms with van der Waals surface area (Å²) in [6.07, 6.45) is 0. The van der Waals surface area contributed by atoms with Gasteiger partial charge in [0.05, 0.1) is 0 Å². The first kappa shape index (κ1) is 12.7. The standard InChI is InChI=1S/C13H13Si.Na/c14-13(11-7-3-1-4-8-11)12-9-5-2-6-10-12;/h1-10,13H,14H2;/q-1;+1. The molecule has 70 valence electrons. The second-order valence-electron chi connectivity index (χ2n) is 3.37. The van der Waals surface area contributed by atoms with Crippen LogP contribution in [0.2, 0.25) is 0 Å². The molecular formula is C13H13NaSi. The summed E-state index contributed by atoms with van der Waals surface area (Å²) in [7, 11) is 2.03. The number of rotatable bonds is 2. The zero-order valence-electron chi connectivity index (χ0n) is 9.06. The fraction of sp³-hybridized carbons (Fsp3) is 0.0769. The van der Waals surface area contributed by atoms with E-state index in [0.717, 1.165) is 0 Å². The van der Waals surface area contributed by atoms with Crippen LogP contribution in [-0.4, -0.2) is 10.2 Å². The predicted molar refractivity (Wildman–Crippen MR) is 63.3 cm³/mol. The third kappa shape index (κ3) is 3.32. The average Bonchev–Trinajstić information content (AvgIpc) is 2.30. The van der Waals surface area contributed by atoms with Gasteiger partial charge in [0.15, 0.2) is 0 Å². The van der Waals surface area contributed by atoms with E-state index < -0.39 is 0 Å². The van der Waals surface area contributed by atoms with Gasteiger partial charge in [-0.25, -0.2) is 0 Å². The maximum Gasteiger partial charge on any atom is 1.00 e. The molecule has 0 aliphatic rings. The molecule has 0 fully saturated rings. The van der Waals surface area contributed by atoms with Gasteiger partial charge in [0.1, 0.15) is 0 Å². The molecular weight excluding hydrogens is 207 g/mol. The van der Waals surface area contributed by atoms with Crippen LogP contribution < -0.4 is 29.6 Å². The van der Waals surface area contributed by atoms with Crippen LogP contribution in [-0.2, 0) is 0 Å². The van der Waals surface area contributed by atoms with Gasteiger partial charge in [-0.3, -0.25) is 10.2 Å². The molecule has 0 nitrogen and oxygen atoms in total. The molecule has 2 rings (SSSR count). The third-order valence-electron chi connectivity index (χ3n) is 2.40. The van der Waals surface area contributed by atoms with Gasteiger partial charge >= 0.3 is 29.6 Å². The van der Waals surface area contributed by atoms with Crippen LogP contribution in [0.5, 0.6) is 0 Å². The molecule has 0 aliphatic carbocycles. The van der Waals surface area contributed by atoms with Crippen LogP contribution in [0.15, 0.2) is 60.7 Å². The molecule has 0 heterocycles. The summed E-state index contributed by atoms with van der Waals surface area (Å²) in [6, 6.07) is 21.2. The van der Waals surface area contributed by atoms with Gasteiger partial charge in [-0.1, -0.05) is 71.8 Å². The Hall–Kier alpha value is -0.343. The average molecular weight is 220 g/mol. The molecule has 2 heteroatoms. The van der Waals surface area contributed by atoms with Crippen molar-refractivity contribution in [1.82, 2.24) is 0 Å². The van der Waals surface area contributed by atoms with Gasteiger partial charge in [-0.2, -0.15) is 0 Å². The summed E-state index contributed by atoms with van der Waals surface area (Å²) in [6.45, 7) is 0. The smallest absolute Gasteiger partial charge is 0.281 e. The van der Waals surface area contributed by atoms with E-state index in [9.17, 15) is 0 Å². The van der Waals surface area contributed by atoms with E-state index >= 15 is 0 Å². The van der Waals surface area contributed by atoms with E-state index in [4.69, 9.17) is 0 Å². The second-order valence-corrected chi connectivity index (χ2v) is 4.19. The molecule has 0 unspecified atom stereocenters. The van der Waals surface area contributed by atoms with Crippen LogP contribution in [0.4, 0.5) is 0 Å². The van der Waals surface area contributed by atoms with E-state index in [1.54, 1.807) is 0 Å². The van der Waals surface area contributed by atoms with Crippen molar-refractivity contribution in [2.45, 2.75) is 5.54 Å². The maximum atomic E-state index is 2.19.